The number of hydrogen-bond donors (Lipinski definition) is 1. The Hall–Kier alpha value is -2.37. The summed E-state index contributed by atoms with van der Waals surface area (Å²) in [5, 5.41) is 2.61. The molecule has 0 saturated carbocycles. The van der Waals surface area contributed by atoms with E-state index < -0.39 is 17.9 Å². The van der Waals surface area contributed by atoms with E-state index in [-0.39, 0.29) is 18.1 Å². The molecule has 1 unspecified atom stereocenters. The van der Waals surface area contributed by atoms with Crippen LogP contribution in [-0.2, 0) is 14.3 Å². The summed E-state index contributed by atoms with van der Waals surface area (Å²) < 4.78 is 9.98. The number of nitrogens with one attached hydrogen (secondary N) is 1. The van der Waals surface area contributed by atoms with E-state index in [1.54, 1.807) is 13.8 Å². The summed E-state index contributed by atoms with van der Waals surface area (Å²) in [6, 6.07) is 4.40. The Labute approximate surface area is 109 Å². The van der Waals surface area contributed by atoms with Gasteiger partial charge in [0.2, 0.25) is 0 Å². The molecule has 0 aliphatic carbocycles. The van der Waals surface area contributed by atoms with Crippen LogP contribution in [0.15, 0.2) is 18.2 Å². The molecule has 0 radical (unpaired) electrons. The average molecular weight is 263 g/mol. The number of amides is 1. The largest absolute Gasteiger partial charge is 0.479 e. The standard InChI is InChI=1S/C13H13NO5/c1-3-18-13(17)11(15)8-4-5-10-9(6-8)14-12(16)7(2)19-10/h4-7H,3H2,1-2H3,(H,14,16). The van der Waals surface area contributed by atoms with E-state index in [1.807, 2.05) is 0 Å². The number of ketones is 1. The third-order valence-corrected chi connectivity index (χ3v) is 2.63. The van der Waals surface area contributed by atoms with Gasteiger partial charge in [0.05, 0.1) is 12.3 Å². The molecule has 0 bridgehead atoms. The summed E-state index contributed by atoms with van der Waals surface area (Å²) in [5.41, 5.74) is 0.522. The lowest BCUT2D eigenvalue weighted by Crippen LogP contribution is -2.34. The SMILES string of the molecule is CCOC(=O)C(=O)c1ccc2c(c1)NC(=O)C(C)O2. The molecule has 1 aromatic rings. The van der Waals surface area contributed by atoms with Crippen molar-refractivity contribution in [2.24, 2.45) is 0 Å². The second-order valence-corrected chi connectivity index (χ2v) is 4.01. The smallest absolute Gasteiger partial charge is 0.379 e. The fourth-order valence-electron chi connectivity index (χ4n) is 1.66. The van der Waals surface area contributed by atoms with Gasteiger partial charge >= 0.3 is 5.97 Å². The monoisotopic (exact) mass is 263 g/mol. The fraction of sp³-hybridized carbons (Fsp3) is 0.308. The highest BCUT2D eigenvalue weighted by Crippen LogP contribution is 2.30. The summed E-state index contributed by atoms with van der Waals surface area (Å²) in [6.07, 6.45) is -0.584. The Morgan fingerprint density at radius 1 is 1.42 bits per heavy atom. The van der Waals surface area contributed by atoms with Gasteiger partial charge in [-0.25, -0.2) is 4.79 Å². The van der Waals surface area contributed by atoms with Crippen LogP contribution in [0.3, 0.4) is 0 Å². The molecule has 6 heteroatoms. The maximum atomic E-state index is 11.7. The molecule has 0 fully saturated rings. The van der Waals surface area contributed by atoms with Crippen LogP contribution in [0.1, 0.15) is 24.2 Å². The molecule has 19 heavy (non-hydrogen) atoms. The van der Waals surface area contributed by atoms with Crippen molar-refractivity contribution in [1.29, 1.82) is 0 Å². The number of rotatable bonds is 3. The van der Waals surface area contributed by atoms with Crippen molar-refractivity contribution in [3.05, 3.63) is 23.8 Å². The molecule has 1 atom stereocenters. The van der Waals surface area contributed by atoms with E-state index in [2.05, 4.69) is 10.1 Å². The molecule has 0 aromatic heterocycles. The highest BCUT2D eigenvalue weighted by molar-refractivity contribution is 6.40. The minimum Gasteiger partial charge on any atom is -0.479 e. The predicted molar refractivity (Wildman–Crippen MR) is 66.1 cm³/mol. The summed E-state index contributed by atoms with van der Waals surface area (Å²) in [4.78, 5) is 34.5. The Morgan fingerprint density at radius 2 is 2.16 bits per heavy atom. The summed E-state index contributed by atoms with van der Waals surface area (Å²) in [5.74, 6) is -1.50. The Bertz CT molecular complexity index is 552. The number of hydrogen-bond acceptors (Lipinski definition) is 5. The van der Waals surface area contributed by atoms with Gasteiger partial charge in [-0.15, -0.1) is 0 Å². The van der Waals surface area contributed by atoms with Crippen LogP contribution in [0.5, 0.6) is 5.75 Å². The molecule has 2 rings (SSSR count). The second-order valence-electron chi connectivity index (χ2n) is 4.01. The van der Waals surface area contributed by atoms with Gasteiger partial charge in [-0.2, -0.15) is 0 Å². The lowest BCUT2D eigenvalue weighted by molar-refractivity contribution is -0.137. The predicted octanol–water partition coefficient (Wildman–Crippen LogP) is 1.15. The van der Waals surface area contributed by atoms with Crippen molar-refractivity contribution in [3.63, 3.8) is 0 Å². The number of carbonyl (C=O) groups is 3. The first kappa shape index (κ1) is 13.1. The van der Waals surface area contributed by atoms with E-state index >= 15 is 0 Å². The first-order chi connectivity index (χ1) is 9.02. The molecular weight excluding hydrogens is 250 g/mol. The Kier molecular flexibility index (Phi) is 3.50. The van der Waals surface area contributed by atoms with E-state index in [4.69, 9.17) is 4.74 Å². The Morgan fingerprint density at radius 3 is 2.84 bits per heavy atom. The number of benzene rings is 1. The maximum absolute atomic E-state index is 11.7. The molecule has 1 N–H and O–H groups in total. The quantitative estimate of drug-likeness (QED) is 0.502. The zero-order valence-corrected chi connectivity index (χ0v) is 10.6. The molecular formula is C13H13NO5. The van der Waals surface area contributed by atoms with E-state index in [1.165, 1.54) is 18.2 Å². The normalized spacial score (nSPS) is 16.9. The van der Waals surface area contributed by atoms with Crippen molar-refractivity contribution in [1.82, 2.24) is 0 Å². The van der Waals surface area contributed by atoms with Gasteiger partial charge in [0.1, 0.15) is 5.75 Å². The zero-order valence-electron chi connectivity index (χ0n) is 10.6. The first-order valence-electron chi connectivity index (χ1n) is 5.86. The van der Waals surface area contributed by atoms with Crippen LogP contribution >= 0.6 is 0 Å². The minimum atomic E-state index is -0.918. The van der Waals surface area contributed by atoms with Crippen LogP contribution in [0.4, 0.5) is 5.69 Å². The molecule has 0 spiro atoms. The molecule has 1 aliphatic rings. The minimum absolute atomic E-state index is 0.132. The lowest BCUT2D eigenvalue weighted by atomic mass is 10.1. The summed E-state index contributed by atoms with van der Waals surface area (Å²) >= 11 is 0. The summed E-state index contributed by atoms with van der Waals surface area (Å²) in [6.45, 7) is 3.37. The van der Waals surface area contributed by atoms with E-state index in [0.29, 0.717) is 11.4 Å². The third-order valence-electron chi connectivity index (χ3n) is 2.63. The zero-order chi connectivity index (χ0) is 14.0. The van der Waals surface area contributed by atoms with Crippen LogP contribution in [-0.4, -0.2) is 30.4 Å². The van der Waals surface area contributed by atoms with E-state index in [0.717, 1.165) is 0 Å². The molecule has 6 nitrogen and oxygen atoms in total. The van der Waals surface area contributed by atoms with Crippen molar-refractivity contribution < 1.29 is 23.9 Å². The van der Waals surface area contributed by atoms with Crippen molar-refractivity contribution in [2.75, 3.05) is 11.9 Å². The van der Waals surface area contributed by atoms with Crippen molar-refractivity contribution in [2.45, 2.75) is 20.0 Å². The van der Waals surface area contributed by atoms with Gasteiger partial charge < -0.3 is 14.8 Å². The van der Waals surface area contributed by atoms with Crippen molar-refractivity contribution in [3.8, 4) is 5.75 Å². The third kappa shape index (κ3) is 2.57. The molecule has 1 aromatic carbocycles. The molecule has 1 amide bonds. The number of anilines is 1. The maximum Gasteiger partial charge on any atom is 0.379 e. The van der Waals surface area contributed by atoms with E-state index in [9.17, 15) is 14.4 Å². The van der Waals surface area contributed by atoms with Crippen LogP contribution in [0.2, 0.25) is 0 Å². The highest BCUT2D eigenvalue weighted by atomic mass is 16.5. The number of ether oxygens (including phenoxy) is 2. The van der Waals surface area contributed by atoms with Gasteiger partial charge in [0, 0.05) is 5.56 Å². The van der Waals surface area contributed by atoms with Gasteiger partial charge in [-0.3, -0.25) is 9.59 Å². The molecule has 0 saturated heterocycles. The first-order valence-corrected chi connectivity index (χ1v) is 5.86. The topological polar surface area (TPSA) is 81.7 Å². The fourth-order valence-corrected chi connectivity index (χ4v) is 1.66. The average Bonchev–Trinajstić information content (AvgIpc) is 2.39. The molecule has 100 valence electrons. The summed E-state index contributed by atoms with van der Waals surface area (Å²) in [7, 11) is 0. The van der Waals surface area contributed by atoms with Crippen molar-refractivity contribution >= 4 is 23.3 Å². The highest BCUT2D eigenvalue weighted by Gasteiger charge is 2.25. The number of Topliss-reactive ketones (excluding diaryl/α,β-unsaturated/α-hetero) is 1. The number of fused-ring (bicyclic) bond motifs is 1. The lowest BCUT2D eigenvalue weighted by Gasteiger charge is -2.23. The number of carbonyl (C=O) groups excluding carboxylic acids is 3. The second kappa shape index (κ2) is 5.09. The Balaban J connectivity index is 2.27. The van der Waals surface area contributed by atoms with Crippen LogP contribution in [0, 0.1) is 0 Å². The number of esters is 1. The van der Waals surface area contributed by atoms with Gasteiger partial charge in [-0.05, 0) is 32.0 Å². The van der Waals surface area contributed by atoms with Crippen LogP contribution in [0.25, 0.3) is 0 Å². The van der Waals surface area contributed by atoms with Crippen LogP contribution < -0.4 is 10.1 Å². The van der Waals surface area contributed by atoms with Gasteiger partial charge in [0.15, 0.2) is 6.10 Å². The molecule has 1 heterocycles. The molecule has 1 aliphatic heterocycles. The van der Waals surface area contributed by atoms with Gasteiger partial charge in [0.25, 0.3) is 11.7 Å². The van der Waals surface area contributed by atoms with Gasteiger partial charge in [-0.1, -0.05) is 0 Å².